The summed E-state index contributed by atoms with van der Waals surface area (Å²) in [5.41, 5.74) is 2.90. The summed E-state index contributed by atoms with van der Waals surface area (Å²) >= 11 is 0. The molecule has 0 aromatic heterocycles. The zero-order valence-electron chi connectivity index (χ0n) is 14.2. The Labute approximate surface area is 130 Å². The maximum atomic E-state index is 3.43. The molecule has 2 heteroatoms. The van der Waals surface area contributed by atoms with E-state index in [4.69, 9.17) is 0 Å². The van der Waals surface area contributed by atoms with E-state index in [1.54, 1.807) is 0 Å². The molecule has 1 aromatic rings. The van der Waals surface area contributed by atoms with Crippen molar-refractivity contribution in [3.8, 4) is 0 Å². The molecule has 1 heterocycles. The Morgan fingerprint density at radius 2 is 1.95 bits per heavy atom. The van der Waals surface area contributed by atoms with E-state index in [9.17, 15) is 0 Å². The zero-order chi connectivity index (χ0) is 15.2. The number of hydrogen-bond acceptors (Lipinski definition) is 2. The molecule has 3 atom stereocenters. The highest BCUT2D eigenvalue weighted by molar-refractivity contribution is 5.25. The topological polar surface area (TPSA) is 15.3 Å². The molecule has 21 heavy (non-hydrogen) atoms. The van der Waals surface area contributed by atoms with Gasteiger partial charge in [-0.15, -0.1) is 0 Å². The molecule has 0 amide bonds. The SMILES string of the molecule is CCNCC(C)c1ccc(CN2CCC(C)CC2C)cc1. The Bertz CT molecular complexity index is 412. The molecule has 2 nitrogen and oxygen atoms in total. The zero-order valence-corrected chi connectivity index (χ0v) is 14.2. The summed E-state index contributed by atoms with van der Waals surface area (Å²) in [4.78, 5) is 2.64. The third-order valence-electron chi connectivity index (χ3n) is 4.91. The van der Waals surface area contributed by atoms with E-state index in [-0.39, 0.29) is 0 Å². The third kappa shape index (κ3) is 4.82. The quantitative estimate of drug-likeness (QED) is 0.850. The number of rotatable bonds is 6. The maximum Gasteiger partial charge on any atom is 0.0236 e. The minimum Gasteiger partial charge on any atom is -0.316 e. The number of likely N-dealkylation sites (N-methyl/N-ethyl adjacent to an activating group) is 1. The van der Waals surface area contributed by atoms with Crippen LogP contribution in [0, 0.1) is 5.92 Å². The van der Waals surface area contributed by atoms with E-state index in [0.29, 0.717) is 5.92 Å². The fourth-order valence-electron chi connectivity index (χ4n) is 3.36. The van der Waals surface area contributed by atoms with Gasteiger partial charge in [0, 0.05) is 19.1 Å². The van der Waals surface area contributed by atoms with Crippen LogP contribution in [0.1, 0.15) is 57.6 Å². The van der Waals surface area contributed by atoms with Crippen molar-refractivity contribution in [1.82, 2.24) is 10.2 Å². The van der Waals surface area contributed by atoms with Crippen LogP contribution in [0.15, 0.2) is 24.3 Å². The summed E-state index contributed by atoms with van der Waals surface area (Å²) in [6, 6.07) is 10.00. The molecule has 1 aliphatic rings. The molecule has 1 N–H and O–H groups in total. The van der Waals surface area contributed by atoms with E-state index >= 15 is 0 Å². The first-order valence-corrected chi connectivity index (χ1v) is 8.63. The van der Waals surface area contributed by atoms with Gasteiger partial charge in [0.25, 0.3) is 0 Å². The van der Waals surface area contributed by atoms with Crippen LogP contribution >= 0.6 is 0 Å². The van der Waals surface area contributed by atoms with Crippen molar-refractivity contribution in [2.75, 3.05) is 19.6 Å². The van der Waals surface area contributed by atoms with Crippen molar-refractivity contribution in [1.29, 1.82) is 0 Å². The summed E-state index contributed by atoms with van der Waals surface area (Å²) in [6.07, 6.45) is 2.69. The van der Waals surface area contributed by atoms with Gasteiger partial charge in [0.15, 0.2) is 0 Å². The average molecular weight is 288 g/mol. The highest BCUT2D eigenvalue weighted by Crippen LogP contribution is 2.24. The standard InChI is InChI=1S/C19H32N2/c1-5-20-13-16(3)19-8-6-18(7-9-19)14-21-11-10-15(2)12-17(21)4/h6-9,15-17,20H,5,10-14H2,1-4H3. The molecule has 0 saturated carbocycles. The fraction of sp³-hybridized carbons (Fsp3) is 0.684. The van der Waals surface area contributed by atoms with Crippen LogP contribution in [0.4, 0.5) is 0 Å². The molecule has 0 aliphatic carbocycles. The molecule has 1 aromatic carbocycles. The summed E-state index contributed by atoms with van der Waals surface area (Å²) in [5.74, 6) is 1.49. The minimum atomic E-state index is 0.591. The van der Waals surface area contributed by atoms with Crippen LogP contribution in [0.2, 0.25) is 0 Å². The molecule has 1 saturated heterocycles. The van der Waals surface area contributed by atoms with Crippen LogP contribution in [-0.2, 0) is 6.54 Å². The predicted molar refractivity (Wildman–Crippen MR) is 91.7 cm³/mol. The molecule has 3 unspecified atom stereocenters. The Balaban J connectivity index is 1.90. The van der Waals surface area contributed by atoms with Crippen molar-refractivity contribution in [2.45, 2.75) is 59.0 Å². The minimum absolute atomic E-state index is 0.591. The van der Waals surface area contributed by atoms with Crippen molar-refractivity contribution < 1.29 is 0 Å². The molecule has 0 radical (unpaired) electrons. The molecule has 0 bridgehead atoms. The molecule has 1 aliphatic heterocycles. The molecule has 0 spiro atoms. The van der Waals surface area contributed by atoms with Gasteiger partial charge < -0.3 is 5.32 Å². The first kappa shape index (κ1) is 16.5. The van der Waals surface area contributed by atoms with E-state index < -0.39 is 0 Å². The number of benzene rings is 1. The van der Waals surface area contributed by atoms with E-state index in [1.807, 2.05) is 0 Å². The van der Waals surface area contributed by atoms with Crippen LogP contribution in [0.25, 0.3) is 0 Å². The Morgan fingerprint density at radius 1 is 1.24 bits per heavy atom. The summed E-state index contributed by atoms with van der Waals surface area (Å²) in [6.45, 7) is 13.7. The van der Waals surface area contributed by atoms with Crippen molar-refractivity contribution in [3.63, 3.8) is 0 Å². The number of hydrogen-bond donors (Lipinski definition) is 1. The highest BCUT2D eigenvalue weighted by Gasteiger charge is 2.22. The Hall–Kier alpha value is -0.860. The van der Waals surface area contributed by atoms with Gasteiger partial charge in [-0.05, 0) is 55.8 Å². The lowest BCUT2D eigenvalue weighted by molar-refractivity contribution is 0.122. The maximum absolute atomic E-state index is 3.43. The number of nitrogens with zero attached hydrogens (tertiary/aromatic N) is 1. The van der Waals surface area contributed by atoms with Gasteiger partial charge >= 0.3 is 0 Å². The third-order valence-corrected chi connectivity index (χ3v) is 4.91. The smallest absolute Gasteiger partial charge is 0.0236 e. The lowest BCUT2D eigenvalue weighted by Crippen LogP contribution is -2.39. The summed E-state index contributed by atoms with van der Waals surface area (Å²) in [5, 5.41) is 3.43. The lowest BCUT2D eigenvalue weighted by atomic mass is 9.93. The molecular formula is C19H32N2. The van der Waals surface area contributed by atoms with Crippen molar-refractivity contribution in [3.05, 3.63) is 35.4 Å². The number of piperidine rings is 1. The van der Waals surface area contributed by atoms with E-state index in [0.717, 1.165) is 31.6 Å². The van der Waals surface area contributed by atoms with Crippen molar-refractivity contribution >= 4 is 0 Å². The Kier molecular flexibility index (Phi) is 6.25. The average Bonchev–Trinajstić information content (AvgIpc) is 2.48. The van der Waals surface area contributed by atoms with Gasteiger partial charge in [0.1, 0.15) is 0 Å². The summed E-state index contributed by atoms with van der Waals surface area (Å²) in [7, 11) is 0. The molecular weight excluding hydrogens is 256 g/mol. The number of likely N-dealkylation sites (tertiary alicyclic amines) is 1. The second-order valence-corrected chi connectivity index (χ2v) is 6.90. The van der Waals surface area contributed by atoms with Crippen LogP contribution in [0.3, 0.4) is 0 Å². The van der Waals surface area contributed by atoms with E-state index in [2.05, 4.69) is 62.2 Å². The fourth-order valence-corrected chi connectivity index (χ4v) is 3.36. The second-order valence-electron chi connectivity index (χ2n) is 6.90. The molecule has 118 valence electrons. The first-order valence-electron chi connectivity index (χ1n) is 8.63. The number of nitrogens with one attached hydrogen (secondary N) is 1. The van der Waals surface area contributed by atoms with Gasteiger partial charge in [-0.2, -0.15) is 0 Å². The second kappa shape index (κ2) is 7.95. The lowest BCUT2D eigenvalue weighted by Gasteiger charge is -2.36. The summed E-state index contributed by atoms with van der Waals surface area (Å²) < 4.78 is 0. The normalized spacial score (nSPS) is 25.0. The predicted octanol–water partition coefficient (Wildman–Crippen LogP) is 4.02. The molecule has 2 rings (SSSR count). The molecule has 1 fully saturated rings. The monoisotopic (exact) mass is 288 g/mol. The van der Waals surface area contributed by atoms with Crippen LogP contribution in [-0.4, -0.2) is 30.6 Å². The first-order chi connectivity index (χ1) is 10.1. The van der Waals surface area contributed by atoms with Crippen LogP contribution < -0.4 is 5.32 Å². The highest BCUT2D eigenvalue weighted by atomic mass is 15.2. The Morgan fingerprint density at radius 3 is 2.57 bits per heavy atom. The van der Waals surface area contributed by atoms with Gasteiger partial charge in [0.2, 0.25) is 0 Å². The van der Waals surface area contributed by atoms with Gasteiger partial charge in [-0.3, -0.25) is 4.90 Å². The van der Waals surface area contributed by atoms with Gasteiger partial charge in [-0.1, -0.05) is 45.0 Å². The van der Waals surface area contributed by atoms with Crippen LogP contribution in [0.5, 0.6) is 0 Å². The van der Waals surface area contributed by atoms with Crippen molar-refractivity contribution in [2.24, 2.45) is 5.92 Å². The largest absolute Gasteiger partial charge is 0.316 e. The van der Waals surface area contributed by atoms with Gasteiger partial charge in [0.05, 0.1) is 0 Å². The van der Waals surface area contributed by atoms with Gasteiger partial charge in [-0.25, -0.2) is 0 Å². The van der Waals surface area contributed by atoms with E-state index in [1.165, 1.54) is 30.5 Å².